The van der Waals surface area contributed by atoms with E-state index in [1.807, 2.05) is 0 Å². The molecule has 2 N–H and O–H groups in total. The maximum absolute atomic E-state index is 12.1. The van der Waals surface area contributed by atoms with Gasteiger partial charge in [-0.2, -0.15) is 0 Å². The predicted molar refractivity (Wildman–Crippen MR) is 71.0 cm³/mol. The molecule has 1 aromatic rings. The molecular weight excluding hydrogens is 260 g/mol. The molecule has 1 aromatic heterocycles. The minimum Gasteiger partial charge on any atom is -0.461 e. The molecule has 1 unspecified atom stereocenters. The van der Waals surface area contributed by atoms with Crippen LogP contribution in [0.15, 0.2) is 0 Å². The first-order chi connectivity index (χ1) is 9.50. The van der Waals surface area contributed by atoms with Crippen molar-refractivity contribution in [3.63, 3.8) is 0 Å². The van der Waals surface area contributed by atoms with Gasteiger partial charge < -0.3 is 10.5 Å². The number of nitrogens with two attached hydrogens (primary N) is 1. The van der Waals surface area contributed by atoms with Gasteiger partial charge in [0.1, 0.15) is 12.1 Å². The molecule has 7 nitrogen and oxygen atoms in total. The van der Waals surface area contributed by atoms with E-state index in [4.69, 9.17) is 10.5 Å². The smallest absolute Gasteiger partial charge is 0.330 e. The number of nitrogens with zero attached hydrogens (tertiary/aromatic N) is 3. The van der Waals surface area contributed by atoms with Crippen LogP contribution in [0.5, 0.6) is 0 Å². The van der Waals surface area contributed by atoms with Gasteiger partial charge in [0.2, 0.25) is 0 Å². The largest absolute Gasteiger partial charge is 0.461 e. The molecular formula is C13H20N4O3. The minimum atomic E-state index is -0.651. The number of hydrogen-bond donors (Lipinski definition) is 1. The van der Waals surface area contributed by atoms with Gasteiger partial charge in [-0.15, -0.1) is 5.10 Å². The molecule has 1 heterocycles. The van der Waals surface area contributed by atoms with Crippen molar-refractivity contribution in [2.75, 3.05) is 0 Å². The Balaban J connectivity index is 2.04. The van der Waals surface area contributed by atoms with Gasteiger partial charge in [-0.25, -0.2) is 9.48 Å². The van der Waals surface area contributed by atoms with Gasteiger partial charge in [-0.1, -0.05) is 11.6 Å². The van der Waals surface area contributed by atoms with E-state index in [1.54, 1.807) is 13.8 Å². The Hall–Kier alpha value is -1.92. The first kappa shape index (κ1) is 14.5. The van der Waals surface area contributed by atoms with E-state index < -0.39 is 11.9 Å². The number of hydrogen-bond acceptors (Lipinski definition) is 5. The molecule has 0 aliphatic heterocycles. The van der Waals surface area contributed by atoms with Crippen molar-refractivity contribution in [2.24, 2.45) is 5.73 Å². The highest BCUT2D eigenvalue weighted by atomic mass is 16.5. The van der Waals surface area contributed by atoms with Crippen LogP contribution in [0.2, 0.25) is 0 Å². The summed E-state index contributed by atoms with van der Waals surface area (Å²) in [7, 11) is 0. The molecule has 7 heteroatoms. The Morgan fingerprint density at radius 1 is 1.35 bits per heavy atom. The van der Waals surface area contributed by atoms with Gasteiger partial charge in [0.25, 0.3) is 5.91 Å². The molecule has 1 atom stereocenters. The minimum absolute atomic E-state index is 0.00172. The summed E-state index contributed by atoms with van der Waals surface area (Å²) in [5, 5.41) is 7.51. The standard InChI is InChI=1S/C13H20N4O3/c1-8-11(12(14)18)15-16-17(8)9(2)13(19)20-10-6-4-3-5-7-10/h9-10H,3-7H2,1-2H3,(H2,14,18). The molecule has 1 amide bonds. The number of rotatable bonds is 4. The summed E-state index contributed by atoms with van der Waals surface area (Å²) in [5.41, 5.74) is 5.75. The van der Waals surface area contributed by atoms with Gasteiger partial charge in [-0.05, 0) is 39.5 Å². The highest BCUT2D eigenvalue weighted by Crippen LogP contribution is 2.22. The monoisotopic (exact) mass is 280 g/mol. The summed E-state index contributed by atoms with van der Waals surface area (Å²) in [4.78, 5) is 23.3. The zero-order valence-electron chi connectivity index (χ0n) is 11.8. The van der Waals surface area contributed by atoms with Gasteiger partial charge in [0, 0.05) is 0 Å². The van der Waals surface area contributed by atoms with Crippen LogP contribution in [-0.4, -0.2) is 33.0 Å². The maximum Gasteiger partial charge on any atom is 0.330 e. The third kappa shape index (κ3) is 2.97. The van der Waals surface area contributed by atoms with Gasteiger partial charge >= 0.3 is 5.97 Å². The topological polar surface area (TPSA) is 100 Å². The number of primary amides is 1. The van der Waals surface area contributed by atoms with Gasteiger partial charge in [0.05, 0.1) is 5.69 Å². The fourth-order valence-electron chi connectivity index (χ4n) is 2.48. The summed E-state index contributed by atoms with van der Waals surface area (Å²) in [6.45, 7) is 3.34. The number of aromatic nitrogens is 3. The van der Waals surface area contributed by atoms with Crippen LogP contribution in [-0.2, 0) is 9.53 Å². The van der Waals surface area contributed by atoms with Crippen molar-refractivity contribution in [2.45, 2.75) is 58.1 Å². The van der Waals surface area contributed by atoms with Crippen LogP contribution in [0.25, 0.3) is 0 Å². The second kappa shape index (κ2) is 6.02. The lowest BCUT2D eigenvalue weighted by Gasteiger charge is -2.23. The van der Waals surface area contributed by atoms with Crippen LogP contribution in [0, 0.1) is 6.92 Å². The Kier molecular flexibility index (Phi) is 4.36. The fraction of sp³-hybridized carbons (Fsp3) is 0.692. The molecule has 1 saturated carbocycles. The van der Waals surface area contributed by atoms with Gasteiger partial charge in [0.15, 0.2) is 5.69 Å². The molecule has 2 rings (SSSR count). The van der Waals surface area contributed by atoms with Crippen LogP contribution >= 0.6 is 0 Å². The van der Waals surface area contributed by atoms with E-state index in [0.29, 0.717) is 5.69 Å². The first-order valence-corrected chi connectivity index (χ1v) is 6.92. The number of carbonyl (C=O) groups is 2. The number of amides is 1. The van der Waals surface area contributed by atoms with Crippen molar-refractivity contribution >= 4 is 11.9 Å². The summed E-state index contributed by atoms with van der Waals surface area (Å²) in [6.07, 6.45) is 5.23. The molecule has 0 aromatic carbocycles. The Bertz CT molecular complexity index is 506. The summed E-state index contributed by atoms with van der Waals surface area (Å²) >= 11 is 0. The van der Waals surface area contributed by atoms with E-state index in [-0.39, 0.29) is 17.8 Å². The third-order valence-electron chi connectivity index (χ3n) is 3.70. The van der Waals surface area contributed by atoms with Crippen LogP contribution in [0.3, 0.4) is 0 Å². The number of ether oxygens (including phenoxy) is 1. The second-order valence-corrected chi connectivity index (χ2v) is 5.21. The highest BCUT2D eigenvalue weighted by Gasteiger charge is 2.26. The lowest BCUT2D eigenvalue weighted by molar-refractivity contribution is -0.154. The molecule has 0 saturated heterocycles. The van der Waals surface area contributed by atoms with E-state index >= 15 is 0 Å². The predicted octanol–water partition coefficient (Wildman–Crippen LogP) is 1.12. The molecule has 0 bridgehead atoms. The molecule has 0 spiro atoms. The molecule has 20 heavy (non-hydrogen) atoms. The average Bonchev–Trinajstić information content (AvgIpc) is 2.81. The van der Waals surface area contributed by atoms with E-state index in [0.717, 1.165) is 25.7 Å². The Morgan fingerprint density at radius 2 is 2.00 bits per heavy atom. The zero-order chi connectivity index (χ0) is 14.7. The normalized spacial score (nSPS) is 17.7. The lowest BCUT2D eigenvalue weighted by atomic mass is 9.98. The molecule has 1 fully saturated rings. The fourth-order valence-corrected chi connectivity index (χ4v) is 2.48. The van der Waals surface area contributed by atoms with Crippen molar-refractivity contribution in [1.29, 1.82) is 0 Å². The summed E-state index contributed by atoms with van der Waals surface area (Å²) in [6, 6.07) is -0.613. The van der Waals surface area contributed by atoms with E-state index in [9.17, 15) is 9.59 Å². The van der Waals surface area contributed by atoms with Crippen LogP contribution in [0.1, 0.15) is 61.3 Å². The summed E-state index contributed by atoms with van der Waals surface area (Å²) in [5.74, 6) is -0.998. The van der Waals surface area contributed by atoms with Crippen LogP contribution in [0.4, 0.5) is 0 Å². The Morgan fingerprint density at radius 3 is 2.55 bits per heavy atom. The number of esters is 1. The first-order valence-electron chi connectivity index (χ1n) is 6.92. The van der Waals surface area contributed by atoms with E-state index in [2.05, 4.69) is 10.3 Å². The van der Waals surface area contributed by atoms with E-state index in [1.165, 1.54) is 11.1 Å². The highest BCUT2D eigenvalue weighted by molar-refractivity contribution is 5.91. The number of carbonyl (C=O) groups excluding carboxylic acids is 2. The van der Waals surface area contributed by atoms with Gasteiger partial charge in [-0.3, -0.25) is 4.79 Å². The quantitative estimate of drug-likeness (QED) is 0.833. The van der Waals surface area contributed by atoms with Crippen LogP contribution < -0.4 is 5.73 Å². The zero-order valence-corrected chi connectivity index (χ0v) is 11.8. The molecule has 0 radical (unpaired) electrons. The molecule has 1 aliphatic carbocycles. The summed E-state index contributed by atoms with van der Waals surface area (Å²) < 4.78 is 6.87. The SMILES string of the molecule is Cc1c(C(N)=O)nnn1C(C)C(=O)OC1CCCCC1. The second-order valence-electron chi connectivity index (χ2n) is 5.21. The average molecular weight is 280 g/mol. The van der Waals surface area contributed by atoms with Crippen molar-refractivity contribution in [3.8, 4) is 0 Å². The van der Waals surface area contributed by atoms with Crippen molar-refractivity contribution in [1.82, 2.24) is 15.0 Å². The lowest BCUT2D eigenvalue weighted by Crippen LogP contribution is -2.27. The Labute approximate surface area is 117 Å². The maximum atomic E-state index is 12.1. The van der Waals surface area contributed by atoms with Crippen molar-refractivity contribution < 1.29 is 14.3 Å². The molecule has 110 valence electrons. The van der Waals surface area contributed by atoms with Crippen molar-refractivity contribution in [3.05, 3.63) is 11.4 Å². The third-order valence-corrected chi connectivity index (χ3v) is 3.70. The molecule has 1 aliphatic rings.